The maximum atomic E-state index is 8.83. The van der Waals surface area contributed by atoms with Crippen molar-refractivity contribution in [2.45, 2.75) is 6.92 Å². The maximum absolute atomic E-state index is 8.83. The van der Waals surface area contributed by atoms with Crippen molar-refractivity contribution in [2.75, 3.05) is 13.9 Å². The molecule has 3 nitrogen and oxygen atoms in total. The van der Waals surface area contributed by atoms with Gasteiger partial charge in [-0.2, -0.15) is 5.26 Å². The molecule has 0 N–H and O–H groups in total. The van der Waals surface area contributed by atoms with E-state index in [0.717, 1.165) is 5.56 Å². The molecule has 0 aliphatic carbocycles. The summed E-state index contributed by atoms with van der Waals surface area (Å²) in [6.07, 6.45) is 0. The predicted molar refractivity (Wildman–Crippen MR) is 48.4 cm³/mol. The van der Waals surface area contributed by atoms with Crippen molar-refractivity contribution in [3.63, 3.8) is 0 Å². The van der Waals surface area contributed by atoms with Gasteiger partial charge >= 0.3 is 0 Å². The lowest BCUT2D eigenvalue weighted by Crippen LogP contribution is -2.01. The standard InChI is InChI=1S/C10H11NO2/c1-8-4-3-5-10(9(8)6-11)13-7-12-2/h3-5H,7H2,1-2H3. The summed E-state index contributed by atoms with van der Waals surface area (Å²) in [6, 6.07) is 7.57. The van der Waals surface area contributed by atoms with Crippen molar-refractivity contribution in [1.29, 1.82) is 5.26 Å². The van der Waals surface area contributed by atoms with Crippen molar-refractivity contribution in [2.24, 2.45) is 0 Å². The van der Waals surface area contributed by atoms with Crippen molar-refractivity contribution in [3.8, 4) is 11.8 Å². The smallest absolute Gasteiger partial charge is 0.188 e. The van der Waals surface area contributed by atoms with Crippen LogP contribution in [0, 0.1) is 18.3 Å². The number of nitriles is 1. The third kappa shape index (κ3) is 2.20. The molecule has 0 aliphatic rings. The zero-order chi connectivity index (χ0) is 9.68. The van der Waals surface area contributed by atoms with Crippen molar-refractivity contribution >= 4 is 0 Å². The molecular formula is C10H11NO2. The van der Waals surface area contributed by atoms with Gasteiger partial charge in [-0.05, 0) is 18.6 Å². The van der Waals surface area contributed by atoms with Gasteiger partial charge in [0.15, 0.2) is 6.79 Å². The van der Waals surface area contributed by atoms with Crippen LogP contribution in [0.4, 0.5) is 0 Å². The zero-order valence-corrected chi connectivity index (χ0v) is 7.70. The first-order valence-corrected chi connectivity index (χ1v) is 3.91. The van der Waals surface area contributed by atoms with Crippen LogP contribution in [0.15, 0.2) is 18.2 Å². The van der Waals surface area contributed by atoms with Gasteiger partial charge in [0, 0.05) is 7.11 Å². The molecular weight excluding hydrogens is 166 g/mol. The van der Waals surface area contributed by atoms with Gasteiger partial charge in [0.05, 0.1) is 5.56 Å². The first-order chi connectivity index (χ1) is 6.29. The fourth-order valence-electron chi connectivity index (χ4n) is 1.03. The number of rotatable bonds is 3. The van der Waals surface area contributed by atoms with E-state index in [2.05, 4.69) is 6.07 Å². The average molecular weight is 177 g/mol. The monoisotopic (exact) mass is 177 g/mol. The molecule has 1 rings (SSSR count). The maximum Gasteiger partial charge on any atom is 0.188 e. The van der Waals surface area contributed by atoms with Crippen LogP contribution < -0.4 is 4.74 Å². The van der Waals surface area contributed by atoms with Crippen LogP contribution in [0.1, 0.15) is 11.1 Å². The van der Waals surface area contributed by atoms with Crippen LogP contribution in [-0.4, -0.2) is 13.9 Å². The molecule has 0 unspecified atom stereocenters. The number of hydrogen-bond acceptors (Lipinski definition) is 3. The van der Waals surface area contributed by atoms with Gasteiger partial charge in [-0.15, -0.1) is 0 Å². The van der Waals surface area contributed by atoms with Crippen LogP contribution in [0.5, 0.6) is 5.75 Å². The summed E-state index contributed by atoms with van der Waals surface area (Å²) in [5, 5.41) is 8.83. The lowest BCUT2D eigenvalue weighted by Gasteiger charge is -2.07. The predicted octanol–water partition coefficient (Wildman–Crippen LogP) is 1.85. The number of methoxy groups -OCH3 is 1. The van der Waals surface area contributed by atoms with E-state index in [1.54, 1.807) is 13.2 Å². The Balaban J connectivity index is 2.93. The quantitative estimate of drug-likeness (QED) is 0.661. The number of ether oxygens (including phenoxy) is 2. The summed E-state index contributed by atoms with van der Waals surface area (Å²) < 4.78 is 9.97. The summed E-state index contributed by atoms with van der Waals surface area (Å²) in [5.41, 5.74) is 1.48. The molecule has 0 saturated heterocycles. The molecule has 0 saturated carbocycles. The second kappa shape index (κ2) is 4.48. The van der Waals surface area contributed by atoms with Crippen molar-refractivity contribution in [3.05, 3.63) is 29.3 Å². The topological polar surface area (TPSA) is 42.2 Å². The second-order valence-electron chi connectivity index (χ2n) is 2.61. The largest absolute Gasteiger partial charge is 0.466 e. The highest BCUT2D eigenvalue weighted by Crippen LogP contribution is 2.20. The minimum atomic E-state index is 0.165. The first-order valence-electron chi connectivity index (χ1n) is 3.91. The number of hydrogen-bond donors (Lipinski definition) is 0. The van der Waals surface area contributed by atoms with Crippen LogP contribution in [0.3, 0.4) is 0 Å². The molecule has 3 heteroatoms. The van der Waals surface area contributed by atoms with Gasteiger partial charge in [0.1, 0.15) is 11.8 Å². The van der Waals surface area contributed by atoms with Crippen LogP contribution >= 0.6 is 0 Å². The van der Waals surface area contributed by atoms with Crippen molar-refractivity contribution < 1.29 is 9.47 Å². The Kier molecular flexibility index (Phi) is 3.30. The third-order valence-corrected chi connectivity index (χ3v) is 1.68. The molecule has 0 amide bonds. The highest BCUT2D eigenvalue weighted by molar-refractivity contribution is 5.48. The SMILES string of the molecule is COCOc1cccc(C)c1C#N. The molecule has 0 atom stereocenters. The number of benzene rings is 1. The van der Waals surface area contributed by atoms with E-state index < -0.39 is 0 Å². The molecule has 0 aromatic heterocycles. The Morgan fingerprint density at radius 3 is 2.85 bits per heavy atom. The van der Waals surface area contributed by atoms with Crippen LogP contribution in [0.2, 0.25) is 0 Å². The minimum Gasteiger partial charge on any atom is -0.466 e. The van der Waals surface area contributed by atoms with Crippen molar-refractivity contribution in [1.82, 2.24) is 0 Å². The minimum absolute atomic E-state index is 0.165. The summed E-state index contributed by atoms with van der Waals surface area (Å²) in [7, 11) is 1.54. The molecule has 1 aromatic rings. The Morgan fingerprint density at radius 1 is 1.46 bits per heavy atom. The van der Waals surface area contributed by atoms with Crippen LogP contribution in [0.25, 0.3) is 0 Å². The van der Waals surface area contributed by atoms with E-state index >= 15 is 0 Å². The van der Waals surface area contributed by atoms with Gasteiger partial charge in [-0.25, -0.2) is 0 Å². The Morgan fingerprint density at radius 2 is 2.23 bits per heavy atom. The second-order valence-corrected chi connectivity index (χ2v) is 2.61. The highest BCUT2D eigenvalue weighted by Gasteiger charge is 2.04. The summed E-state index contributed by atoms with van der Waals surface area (Å²) in [5.74, 6) is 0.573. The Bertz CT molecular complexity index is 328. The molecule has 0 bridgehead atoms. The lowest BCUT2D eigenvalue weighted by molar-refractivity contribution is 0.0509. The summed E-state index contributed by atoms with van der Waals surface area (Å²) >= 11 is 0. The molecule has 68 valence electrons. The molecule has 0 spiro atoms. The third-order valence-electron chi connectivity index (χ3n) is 1.68. The van der Waals surface area contributed by atoms with Gasteiger partial charge in [0.25, 0.3) is 0 Å². The number of nitrogens with zero attached hydrogens (tertiary/aromatic N) is 1. The normalized spacial score (nSPS) is 9.31. The van der Waals surface area contributed by atoms with E-state index in [-0.39, 0.29) is 6.79 Å². The summed E-state index contributed by atoms with van der Waals surface area (Å²) in [6.45, 7) is 2.04. The molecule has 0 heterocycles. The first kappa shape index (κ1) is 9.56. The fraction of sp³-hybridized carbons (Fsp3) is 0.300. The summed E-state index contributed by atoms with van der Waals surface area (Å²) in [4.78, 5) is 0. The van der Waals surface area contributed by atoms with Gasteiger partial charge in [-0.1, -0.05) is 12.1 Å². The van der Waals surface area contributed by atoms with E-state index in [1.165, 1.54) is 0 Å². The van der Waals surface area contributed by atoms with E-state index in [4.69, 9.17) is 14.7 Å². The molecule has 1 aromatic carbocycles. The van der Waals surface area contributed by atoms with Gasteiger partial charge in [0.2, 0.25) is 0 Å². The lowest BCUT2D eigenvalue weighted by atomic mass is 10.1. The van der Waals surface area contributed by atoms with Gasteiger partial charge in [-0.3, -0.25) is 0 Å². The molecule has 0 aliphatic heterocycles. The number of aryl methyl sites for hydroxylation is 1. The molecule has 13 heavy (non-hydrogen) atoms. The molecule has 0 fully saturated rings. The Labute approximate surface area is 77.5 Å². The van der Waals surface area contributed by atoms with Crippen LogP contribution in [-0.2, 0) is 4.74 Å². The molecule has 0 radical (unpaired) electrons. The Hall–Kier alpha value is -1.53. The van der Waals surface area contributed by atoms with Gasteiger partial charge < -0.3 is 9.47 Å². The van der Waals surface area contributed by atoms with E-state index in [9.17, 15) is 0 Å². The fourth-order valence-corrected chi connectivity index (χ4v) is 1.03. The van der Waals surface area contributed by atoms with E-state index in [1.807, 2.05) is 19.1 Å². The zero-order valence-electron chi connectivity index (χ0n) is 7.70. The van der Waals surface area contributed by atoms with E-state index in [0.29, 0.717) is 11.3 Å². The highest BCUT2D eigenvalue weighted by atomic mass is 16.7. The average Bonchev–Trinajstić information content (AvgIpc) is 2.15.